The lowest BCUT2D eigenvalue weighted by molar-refractivity contribution is 0.441. The summed E-state index contributed by atoms with van der Waals surface area (Å²) in [5.41, 5.74) is 7.76. The number of ether oxygens (including phenoxy) is 1. The summed E-state index contributed by atoms with van der Waals surface area (Å²) in [5, 5.41) is 0. The van der Waals surface area contributed by atoms with Crippen LogP contribution in [0.4, 0.5) is 4.39 Å². The van der Waals surface area contributed by atoms with E-state index in [1.807, 2.05) is 19.9 Å². The summed E-state index contributed by atoms with van der Waals surface area (Å²) in [6, 6.07) is 10.2. The van der Waals surface area contributed by atoms with Gasteiger partial charge in [0, 0.05) is 10.5 Å². The van der Waals surface area contributed by atoms with Gasteiger partial charge in [-0.2, -0.15) is 0 Å². The molecule has 1 unspecified atom stereocenters. The van der Waals surface area contributed by atoms with E-state index in [9.17, 15) is 4.39 Å². The van der Waals surface area contributed by atoms with Crippen molar-refractivity contribution in [2.24, 2.45) is 5.73 Å². The van der Waals surface area contributed by atoms with Gasteiger partial charge in [-0.05, 0) is 49.2 Å². The van der Waals surface area contributed by atoms with Crippen molar-refractivity contribution in [3.05, 3.63) is 57.8 Å². The van der Waals surface area contributed by atoms with Gasteiger partial charge < -0.3 is 10.5 Å². The van der Waals surface area contributed by atoms with Gasteiger partial charge in [0.25, 0.3) is 0 Å². The molecule has 0 saturated heterocycles. The molecule has 0 bridgehead atoms. The largest absolute Gasteiger partial charge is 0.454 e. The molecule has 2 aromatic carbocycles. The number of hydrogen-bond acceptors (Lipinski definition) is 2. The average molecular weight is 324 g/mol. The highest BCUT2D eigenvalue weighted by atomic mass is 79.9. The predicted molar refractivity (Wildman–Crippen MR) is 78.0 cm³/mol. The second kappa shape index (κ2) is 5.72. The number of aryl methyl sites for hydroxylation is 1. The van der Waals surface area contributed by atoms with Crippen LogP contribution in [0.5, 0.6) is 11.5 Å². The van der Waals surface area contributed by atoms with Crippen molar-refractivity contribution >= 4 is 15.9 Å². The van der Waals surface area contributed by atoms with Gasteiger partial charge in [0.2, 0.25) is 0 Å². The van der Waals surface area contributed by atoms with Gasteiger partial charge in [0.05, 0.1) is 0 Å². The van der Waals surface area contributed by atoms with Crippen molar-refractivity contribution in [3.8, 4) is 11.5 Å². The molecule has 0 saturated carbocycles. The van der Waals surface area contributed by atoms with Crippen LogP contribution in [-0.2, 0) is 0 Å². The minimum atomic E-state index is -0.377. The summed E-state index contributed by atoms with van der Waals surface area (Å²) in [7, 11) is 0. The molecule has 0 aliphatic carbocycles. The van der Waals surface area contributed by atoms with Crippen LogP contribution in [0.1, 0.15) is 24.1 Å². The van der Waals surface area contributed by atoms with E-state index in [1.165, 1.54) is 6.07 Å². The number of halogens is 2. The first-order valence-corrected chi connectivity index (χ1v) is 6.75. The third-order valence-corrected chi connectivity index (χ3v) is 3.46. The number of hydrogen-bond donors (Lipinski definition) is 1. The second-order valence-corrected chi connectivity index (χ2v) is 5.36. The van der Waals surface area contributed by atoms with E-state index in [0.717, 1.165) is 15.6 Å². The molecule has 100 valence electrons. The van der Waals surface area contributed by atoms with Gasteiger partial charge in [0.1, 0.15) is 5.75 Å². The molecule has 1 atom stereocenters. The lowest BCUT2D eigenvalue weighted by atomic mass is 10.1. The van der Waals surface area contributed by atoms with Crippen molar-refractivity contribution in [3.63, 3.8) is 0 Å². The van der Waals surface area contributed by atoms with Crippen LogP contribution < -0.4 is 10.5 Å². The highest BCUT2D eigenvalue weighted by Gasteiger charge is 2.09. The van der Waals surface area contributed by atoms with Crippen LogP contribution in [0, 0.1) is 12.7 Å². The molecule has 19 heavy (non-hydrogen) atoms. The highest BCUT2D eigenvalue weighted by Crippen LogP contribution is 2.30. The van der Waals surface area contributed by atoms with Crippen LogP contribution in [0.15, 0.2) is 40.9 Å². The molecule has 0 aliphatic rings. The van der Waals surface area contributed by atoms with Crippen molar-refractivity contribution in [1.82, 2.24) is 0 Å². The Labute approximate surface area is 120 Å². The Hall–Kier alpha value is -1.39. The van der Waals surface area contributed by atoms with Gasteiger partial charge in [-0.15, -0.1) is 0 Å². The monoisotopic (exact) mass is 323 g/mol. The zero-order chi connectivity index (χ0) is 14.0. The maximum Gasteiger partial charge on any atom is 0.165 e. The first-order valence-electron chi connectivity index (χ1n) is 5.96. The molecule has 0 aliphatic heterocycles. The van der Waals surface area contributed by atoms with Gasteiger partial charge in [-0.1, -0.05) is 28.1 Å². The highest BCUT2D eigenvalue weighted by molar-refractivity contribution is 9.10. The predicted octanol–water partition coefficient (Wildman–Crippen LogP) is 4.71. The van der Waals surface area contributed by atoms with Gasteiger partial charge >= 0.3 is 0 Å². The van der Waals surface area contributed by atoms with Crippen molar-refractivity contribution < 1.29 is 9.13 Å². The molecule has 0 amide bonds. The topological polar surface area (TPSA) is 35.2 Å². The van der Waals surface area contributed by atoms with Crippen LogP contribution in [0.3, 0.4) is 0 Å². The second-order valence-electron chi connectivity index (χ2n) is 4.51. The van der Waals surface area contributed by atoms with Crippen LogP contribution in [0.2, 0.25) is 0 Å². The third-order valence-electron chi connectivity index (χ3n) is 2.78. The first-order chi connectivity index (χ1) is 8.97. The Morgan fingerprint density at radius 3 is 2.58 bits per heavy atom. The summed E-state index contributed by atoms with van der Waals surface area (Å²) < 4.78 is 20.0. The Morgan fingerprint density at radius 2 is 1.95 bits per heavy atom. The lowest BCUT2D eigenvalue weighted by Crippen LogP contribution is -2.05. The fourth-order valence-corrected chi connectivity index (χ4v) is 2.48. The molecule has 0 fully saturated rings. The quantitative estimate of drug-likeness (QED) is 0.887. The molecule has 0 aromatic heterocycles. The summed E-state index contributed by atoms with van der Waals surface area (Å²) in [5.74, 6) is 0.416. The number of rotatable bonds is 3. The Balaban J connectivity index is 2.29. The SMILES string of the molecule is Cc1ccc(F)c(Oc2ccc(C(C)N)c(Br)c2)c1. The van der Waals surface area contributed by atoms with E-state index in [2.05, 4.69) is 15.9 Å². The zero-order valence-electron chi connectivity index (χ0n) is 10.8. The maximum atomic E-state index is 13.6. The van der Waals surface area contributed by atoms with Crippen molar-refractivity contribution in [2.45, 2.75) is 19.9 Å². The molecular formula is C15H15BrFNO. The number of nitrogens with two attached hydrogens (primary N) is 1. The molecule has 2 aromatic rings. The summed E-state index contributed by atoms with van der Waals surface area (Å²) in [6.45, 7) is 3.79. The molecule has 4 heteroatoms. The van der Waals surface area contributed by atoms with Gasteiger partial charge in [-0.25, -0.2) is 4.39 Å². The van der Waals surface area contributed by atoms with E-state index in [-0.39, 0.29) is 17.6 Å². The van der Waals surface area contributed by atoms with Gasteiger partial charge in [-0.3, -0.25) is 0 Å². The van der Waals surface area contributed by atoms with E-state index in [4.69, 9.17) is 10.5 Å². The van der Waals surface area contributed by atoms with Gasteiger partial charge in [0.15, 0.2) is 11.6 Å². The van der Waals surface area contributed by atoms with Crippen LogP contribution in [0.25, 0.3) is 0 Å². The molecule has 0 heterocycles. The Bertz CT molecular complexity index is 599. The van der Waals surface area contributed by atoms with Crippen molar-refractivity contribution in [1.29, 1.82) is 0 Å². The van der Waals surface area contributed by atoms with Crippen LogP contribution >= 0.6 is 15.9 Å². The molecule has 2 nitrogen and oxygen atoms in total. The lowest BCUT2D eigenvalue weighted by Gasteiger charge is -2.12. The normalized spacial score (nSPS) is 12.3. The molecule has 0 radical (unpaired) electrons. The van der Waals surface area contributed by atoms with E-state index in [0.29, 0.717) is 5.75 Å². The Morgan fingerprint density at radius 1 is 1.21 bits per heavy atom. The third kappa shape index (κ3) is 3.33. The van der Waals surface area contributed by atoms with E-state index >= 15 is 0 Å². The van der Waals surface area contributed by atoms with E-state index in [1.54, 1.807) is 24.3 Å². The molecular weight excluding hydrogens is 309 g/mol. The van der Waals surface area contributed by atoms with E-state index < -0.39 is 0 Å². The first kappa shape index (κ1) is 14.0. The fraction of sp³-hybridized carbons (Fsp3) is 0.200. The van der Waals surface area contributed by atoms with Crippen molar-refractivity contribution in [2.75, 3.05) is 0 Å². The molecule has 2 N–H and O–H groups in total. The number of benzene rings is 2. The molecule has 0 spiro atoms. The van der Waals surface area contributed by atoms with Crippen LogP contribution in [-0.4, -0.2) is 0 Å². The smallest absolute Gasteiger partial charge is 0.165 e. The standard InChI is InChI=1S/C15H15BrFNO/c1-9-3-6-14(17)15(7-9)19-11-4-5-12(10(2)18)13(16)8-11/h3-8,10H,18H2,1-2H3. The fourth-order valence-electron chi connectivity index (χ4n) is 1.76. The summed E-state index contributed by atoms with van der Waals surface area (Å²) in [4.78, 5) is 0. The minimum Gasteiger partial charge on any atom is -0.454 e. The zero-order valence-corrected chi connectivity index (χ0v) is 12.4. The Kier molecular flexibility index (Phi) is 4.22. The summed E-state index contributed by atoms with van der Waals surface area (Å²) >= 11 is 3.44. The molecule has 2 rings (SSSR count). The maximum absolute atomic E-state index is 13.6. The summed E-state index contributed by atoms with van der Waals surface area (Å²) in [6.07, 6.45) is 0. The minimum absolute atomic E-state index is 0.0702. The average Bonchev–Trinajstić information content (AvgIpc) is 2.33.